The molecule has 0 aromatic heterocycles. The van der Waals surface area contributed by atoms with Crippen LogP contribution in [0, 0.1) is 0 Å². The topological polar surface area (TPSA) is 125 Å². The van der Waals surface area contributed by atoms with Gasteiger partial charge in [0.2, 0.25) is 5.91 Å². The van der Waals surface area contributed by atoms with Gasteiger partial charge in [0.1, 0.15) is 11.5 Å². The normalized spacial score (nSPS) is 18.1. The van der Waals surface area contributed by atoms with E-state index in [0.717, 1.165) is 18.8 Å². The van der Waals surface area contributed by atoms with E-state index >= 15 is 0 Å². The van der Waals surface area contributed by atoms with Crippen molar-refractivity contribution < 1.29 is 32.7 Å². The Morgan fingerprint density at radius 1 is 0.943 bits per heavy atom. The Hall–Kier alpha value is -3.15. The molecule has 35 heavy (non-hydrogen) atoms. The molecule has 2 aromatic carbocycles. The first-order valence-electron chi connectivity index (χ1n) is 11.4. The van der Waals surface area contributed by atoms with E-state index in [-0.39, 0.29) is 36.9 Å². The number of hydrogen-bond acceptors (Lipinski definition) is 8. The number of ether oxygens (including phenoxy) is 2. The Bertz CT molecular complexity index is 1150. The number of benzene rings is 2. The summed E-state index contributed by atoms with van der Waals surface area (Å²) in [6.07, 6.45) is -0.0910. The maximum Gasteiger partial charge on any atom is 0.265 e. The standard InChI is InChI=1S/C24H29N3O7S/c1-18(28)26-12-14-27(15-13-26)19-2-4-20(5-3-19)34-21-6-8-22(9-7-21)35(31,32)24(23(29)25-30)10-16-33-17-11-24/h2-9,30H,10-17H2,1H3,(H,25,29). The fraction of sp³-hybridized carbons (Fsp3) is 0.417. The fourth-order valence-electron chi connectivity index (χ4n) is 4.47. The first-order chi connectivity index (χ1) is 16.8. The second kappa shape index (κ2) is 10.2. The van der Waals surface area contributed by atoms with Gasteiger partial charge in [0.05, 0.1) is 4.90 Å². The molecule has 2 heterocycles. The van der Waals surface area contributed by atoms with E-state index in [2.05, 4.69) is 4.90 Å². The number of nitrogens with zero attached hydrogens (tertiary/aromatic N) is 2. The molecule has 188 valence electrons. The summed E-state index contributed by atoms with van der Waals surface area (Å²) in [4.78, 5) is 27.9. The molecule has 0 aliphatic carbocycles. The quantitative estimate of drug-likeness (QED) is 0.453. The monoisotopic (exact) mass is 503 g/mol. The van der Waals surface area contributed by atoms with Crippen molar-refractivity contribution in [1.82, 2.24) is 10.4 Å². The van der Waals surface area contributed by atoms with Gasteiger partial charge in [-0.1, -0.05) is 0 Å². The van der Waals surface area contributed by atoms with E-state index < -0.39 is 20.5 Å². The lowest BCUT2D eigenvalue weighted by Gasteiger charge is -2.35. The zero-order chi connectivity index (χ0) is 25.1. The molecule has 0 spiro atoms. The van der Waals surface area contributed by atoms with Crippen molar-refractivity contribution in [2.24, 2.45) is 0 Å². The van der Waals surface area contributed by atoms with Crippen LogP contribution in [0.25, 0.3) is 0 Å². The lowest BCUT2D eigenvalue weighted by molar-refractivity contribution is -0.134. The van der Waals surface area contributed by atoms with Crippen molar-refractivity contribution in [3.05, 3.63) is 48.5 Å². The molecule has 10 nitrogen and oxygen atoms in total. The Morgan fingerprint density at radius 3 is 2.00 bits per heavy atom. The number of carbonyl (C=O) groups is 2. The highest BCUT2D eigenvalue weighted by molar-refractivity contribution is 7.93. The maximum absolute atomic E-state index is 13.3. The highest BCUT2D eigenvalue weighted by Gasteiger charge is 2.52. The predicted octanol–water partition coefficient (Wildman–Crippen LogP) is 1.98. The molecule has 2 aliphatic rings. The van der Waals surface area contributed by atoms with Crippen molar-refractivity contribution in [3.8, 4) is 11.5 Å². The van der Waals surface area contributed by atoms with E-state index in [0.29, 0.717) is 24.6 Å². The van der Waals surface area contributed by atoms with Crippen LogP contribution in [-0.2, 0) is 24.2 Å². The van der Waals surface area contributed by atoms with Gasteiger partial charge in [-0.05, 0) is 61.4 Å². The molecule has 0 unspecified atom stereocenters. The Labute approximate surface area is 204 Å². The van der Waals surface area contributed by atoms with Gasteiger partial charge in [0.25, 0.3) is 5.91 Å². The van der Waals surface area contributed by atoms with Crippen LogP contribution in [0.4, 0.5) is 5.69 Å². The molecule has 2 fully saturated rings. The number of sulfone groups is 1. The number of amides is 2. The average molecular weight is 504 g/mol. The summed E-state index contributed by atoms with van der Waals surface area (Å²) in [5.41, 5.74) is 2.54. The summed E-state index contributed by atoms with van der Waals surface area (Å²) in [7, 11) is -4.09. The third-order valence-corrected chi connectivity index (χ3v) is 9.14. The van der Waals surface area contributed by atoms with Gasteiger partial charge >= 0.3 is 0 Å². The van der Waals surface area contributed by atoms with E-state index in [1.807, 2.05) is 29.2 Å². The molecule has 11 heteroatoms. The zero-order valence-electron chi connectivity index (χ0n) is 19.5. The number of hydroxylamine groups is 1. The highest BCUT2D eigenvalue weighted by Crippen LogP contribution is 2.36. The van der Waals surface area contributed by atoms with Crippen LogP contribution in [0.3, 0.4) is 0 Å². The van der Waals surface area contributed by atoms with Crippen LogP contribution in [0.2, 0.25) is 0 Å². The number of anilines is 1. The summed E-state index contributed by atoms with van der Waals surface area (Å²) in [6, 6.07) is 13.4. The lowest BCUT2D eigenvalue weighted by atomic mass is 9.98. The van der Waals surface area contributed by atoms with Crippen LogP contribution in [-0.4, -0.2) is 74.5 Å². The van der Waals surface area contributed by atoms with Crippen LogP contribution in [0.15, 0.2) is 53.4 Å². The third kappa shape index (κ3) is 4.97. The molecule has 2 N–H and O–H groups in total. The number of carbonyl (C=O) groups excluding carboxylic acids is 2. The second-order valence-electron chi connectivity index (χ2n) is 8.61. The largest absolute Gasteiger partial charge is 0.457 e. The molecule has 0 saturated carbocycles. The molecule has 4 rings (SSSR count). The molecule has 0 atom stereocenters. The van der Waals surface area contributed by atoms with Gasteiger partial charge in [-0.15, -0.1) is 0 Å². The van der Waals surface area contributed by atoms with Crippen molar-refractivity contribution in [2.45, 2.75) is 29.4 Å². The van der Waals surface area contributed by atoms with Gasteiger partial charge < -0.3 is 19.3 Å². The summed E-state index contributed by atoms with van der Waals surface area (Å²) in [5, 5.41) is 9.16. The smallest absolute Gasteiger partial charge is 0.265 e. The highest BCUT2D eigenvalue weighted by atomic mass is 32.2. The molecule has 2 aliphatic heterocycles. The van der Waals surface area contributed by atoms with Gasteiger partial charge in [-0.2, -0.15) is 0 Å². The minimum Gasteiger partial charge on any atom is -0.457 e. The summed E-state index contributed by atoms with van der Waals surface area (Å²) < 4.78 is 36.0. The summed E-state index contributed by atoms with van der Waals surface area (Å²) in [6.45, 7) is 4.70. The van der Waals surface area contributed by atoms with Crippen molar-refractivity contribution in [3.63, 3.8) is 0 Å². The predicted molar refractivity (Wildman–Crippen MR) is 127 cm³/mol. The Kier molecular flexibility index (Phi) is 7.29. The van der Waals surface area contributed by atoms with Crippen molar-refractivity contribution in [1.29, 1.82) is 0 Å². The minimum absolute atomic E-state index is 0.0320. The molecular weight excluding hydrogens is 474 g/mol. The van der Waals surface area contributed by atoms with Crippen LogP contribution in [0.1, 0.15) is 19.8 Å². The lowest BCUT2D eigenvalue weighted by Crippen LogP contribution is -2.54. The molecule has 2 aromatic rings. The van der Waals surface area contributed by atoms with Crippen LogP contribution in [0.5, 0.6) is 11.5 Å². The van der Waals surface area contributed by atoms with Crippen LogP contribution >= 0.6 is 0 Å². The number of nitrogens with one attached hydrogen (secondary N) is 1. The van der Waals surface area contributed by atoms with E-state index in [9.17, 15) is 18.0 Å². The molecular formula is C24H29N3O7S. The first-order valence-corrected chi connectivity index (χ1v) is 12.9. The molecule has 0 bridgehead atoms. The zero-order valence-corrected chi connectivity index (χ0v) is 20.3. The van der Waals surface area contributed by atoms with Crippen molar-refractivity contribution >= 4 is 27.3 Å². The van der Waals surface area contributed by atoms with Crippen molar-refractivity contribution in [2.75, 3.05) is 44.3 Å². The SMILES string of the molecule is CC(=O)N1CCN(c2ccc(Oc3ccc(S(=O)(=O)C4(C(=O)NO)CCOCC4)cc3)cc2)CC1. The van der Waals surface area contributed by atoms with Gasteiger partial charge in [0.15, 0.2) is 14.6 Å². The van der Waals surface area contributed by atoms with Gasteiger partial charge in [-0.3, -0.25) is 14.8 Å². The van der Waals surface area contributed by atoms with E-state index in [1.165, 1.54) is 29.7 Å². The number of rotatable bonds is 6. The maximum atomic E-state index is 13.3. The fourth-order valence-corrected chi connectivity index (χ4v) is 6.41. The molecule has 0 radical (unpaired) electrons. The molecule has 2 amide bonds. The Balaban J connectivity index is 1.44. The summed E-state index contributed by atoms with van der Waals surface area (Å²) >= 11 is 0. The summed E-state index contributed by atoms with van der Waals surface area (Å²) in [5.74, 6) is 0.169. The Morgan fingerprint density at radius 2 is 1.49 bits per heavy atom. The van der Waals surface area contributed by atoms with Gasteiger partial charge in [-0.25, -0.2) is 13.9 Å². The number of hydrogen-bond donors (Lipinski definition) is 2. The second-order valence-corrected chi connectivity index (χ2v) is 10.9. The number of piperazine rings is 1. The minimum atomic E-state index is -4.09. The third-order valence-electron chi connectivity index (χ3n) is 6.63. The first kappa shape index (κ1) is 25.0. The van der Waals surface area contributed by atoms with Gasteiger partial charge in [0, 0.05) is 52.0 Å². The van der Waals surface area contributed by atoms with Crippen LogP contribution < -0.4 is 15.1 Å². The van der Waals surface area contributed by atoms with E-state index in [4.69, 9.17) is 14.7 Å². The molecule has 2 saturated heterocycles. The van der Waals surface area contributed by atoms with E-state index in [1.54, 1.807) is 6.92 Å². The average Bonchev–Trinajstić information content (AvgIpc) is 2.89.